The third kappa shape index (κ3) is 7.57. The molecule has 3 atom stereocenters. The van der Waals surface area contributed by atoms with Crippen LogP contribution in [0.25, 0.3) is 22.2 Å². The Morgan fingerprint density at radius 3 is 2.12 bits per heavy atom. The van der Waals surface area contributed by atoms with Gasteiger partial charge in [-0.2, -0.15) is 8.42 Å². The van der Waals surface area contributed by atoms with Gasteiger partial charge in [-0.15, -0.1) is 0 Å². The molecule has 3 aromatic carbocycles. The fraction of sp³-hybridized carbons (Fsp3) is 0.419. The van der Waals surface area contributed by atoms with Crippen LogP contribution < -0.4 is 10.4 Å². The van der Waals surface area contributed by atoms with Crippen LogP contribution in [0.4, 0.5) is 0 Å². The number of benzene rings is 3. The summed E-state index contributed by atoms with van der Waals surface area (Å²) in [5.74, 6) is 0.0364. The average molecular weight is 739 g/mol. The van der Waals surface area contributed by atoms with Crippen molar-refractivity contribution in [2.24, 2.45) is 5.41 Å². The van der Waals surface area contributed by atoms with E-state index in [1.165, 1.54) is 15.9 Å². The van der Waals surface area contributed by atoms with Crippen molar-refractivity contribution in [3.8, 4) is 11.3 Å². The van der Waals surface area contributed by atoms with E-state index in [0.29, 0.717) is 13.0 Å². The second-order valence-electron chi connectivity index (χ2n) is 16.1. The molecule has 1 aliphatic carbocycles. The Labute approximate surface area is 311 Å². The molecule has 9 heteroatoms. The Morgan fingerprint density at radius 2 is 1.56 bits per heavy atom. The summed E-state index contributed by atoms with van der Waals surface area (Å²) in [6, 6.07) is 32.4. The number of pyridine rings is 1. The molecule has 7 nitrogen and oxygen atoms in total. The van der Waals surface area contributed by atoms with Crippen molar-refractivity contribution < 1.29 is 21.8 Å². The summed E-state index contributed by atoms with van der Waals surface area (Å²) in [6.45, 7) is 17.1. The number of ether oxygens (including phenoxy) is 1. The van der Waals surface area contributed by atoms with Crippen LogP contribution in [0, 0.1) is 5.41 Å². The third-order valence-electron chi connectivity index (χ3n) is 10.6. The van der Waals surface area contributed by atoms with Crippen molar-refractivity contribution in [1.29, 1.82) is 0 Å². The second kappa shape index (κ2) is 14.7. The summed E-state index contributed by atoms with van der Waals surface area (Å²) < 4.78 is 45.1. The van der Waals surface area contributed by atoms with Crippen LogP contribution in [0.3, 0.4) is 0 Å². The van der Waals surface area contributed by atoms with E-state index in [9.17, 15) is 8.42 Å². The van der Waals surface area contributed by atoms with Gasteiger partial charge in [0.1, 0.15) is 0 Å². The molecular weight excluding hydrogens is 685 g/mol. The molecule has 2 aromatic heterocycles. The standard InChI is InChI=1S/C43H54N2O5SSi/c1-10-45-38-24-23-31(35-27-39(35)50-51(9,46)47)26-36(38)37(41(45)34-22-17-25-44-40(34)30(2)48-8)28-43(6,7)29-49-52(42(3,4)5,32-18-13-11-14-19-32)33-20-15-12-16-21-33/h11-26,30,35,39H,10,27-29H2,1-9H3/t30?,35-,39+/m1/s1. The van der Waals surface area contributed by atoms with Crippen molar-refractivity contribution in [2.45, 2.75) is 91.0 Å². The van der Waals surface area contributed by atoms with Crippen molar-refractivity contribution in [3.63, 3.8) is 0 Å². The van der Waals surface area contributed by atoms with Gasteiger partial charge in [-0.1, -0.05) is 101 Å². The van der Waals surface area contributed by atoms with Gasteiger partial charge in [-0.3, -0.25) is 9.17 Å². The molecule has 2 heterocycles. The maximum Gasteiger partial charge on any atom is 0.264 e. The van der Waals surface area contributed by atoms with Crippen LogP contribution in [-0.4, -0.2) is 52.4 Å². The van der Waals surface area contributed by atoms with Gasteiger partial charge in [0.15, 0.2) is 0 Å². The Morgan fingerprint density at radius 1 is 0.923 bits per heavy atom. The molecule has 0 spiro atoms. The Bertz CT molecular complexity index is 2080. The molecular formula is C43H54N2O5SSi. The van der Waals surface area contributed by atoms with Crippen LogP contribution in [0.15, 0.2) is 97.2 Å². The van der Waals surface area contributed by atoms with Gasteiger partial charge in [0, 0.05) is 48.8 Å². The highest BCUT2D eigenvalue weighted by atomic mass is 32.2. The number of fused-ring (bicyclic) bond motifs is 1. The fourth-order valence-corrected chi connectivity index (χ4v) is 13.4. The molecule has 52 heavy (non-hydrogen) atoms. The van der Waals surface area contributed by atoms with Crippen LogP contribution in [0.1, 0.15) is 83.7 Å². The van der Waals surface area contributed by atoms with Crippen LogP contribution >= 0.6 is 0 Å². The van der Waals surface area contributed by atoms with Crippen molar-refractivity contribution in [3.05, 3.63) is 114 Å². The summed E-state index contributed by atoms with van der Waals surface area (Å²) in [7, 11) is -4.59. The molecule has 0 radical (unpaired) electrons. The number of nitrogens with zero attached hydrogens (tertiary/aromatic N) is 2. The number of hydrogen-bond acceptors (Lipinski definition) is 6. The lowest BCUT2D eigenvalue weighted by atomic mass is 9.84. The predicted octanol–water partition coefficient (Wildman–Crippen LogP) is 8.41. The number of rotatable bonds is 14. The monoisotopic (exact) mass is 738 g/mol. The summed E-state index contributed by atoms with van der Waals surface area (Å²) in [4.78, 5) is 4.84. The number of methoxy groups -OCH3 is 1. The molecule has 0 amide bonds. The molecule has 0 N–H and O–H groups in total. The zero-order chi connectivity index (χ0) is 37.5. The first-order valence-corrected chi connectivity index (χ1v) is 22.1. The zero-order valence-corrected chi connectivity index (χ0v) is 34.0. The first-order valence-electron chi connectivity index (χ1n) is 18.4. The SMILES string of the molecule is CCn1c(-c2cccnc2C(C)OC)c(CC(C)(C)CO[Si](c2ccccc2)(c2ccccc2)C(C)(C)C)c2cc([C@H]3C[C@@H]3OS(C)(=O)=O)ccc21. The molecule has 1 fully saturated rings. The van der Waals surface area contributed by atoms with Crippen LogP contribution in [-0.2, 0) is 36.4 Å². The molecule has 0 saturated heterocycles. The Hall–Kier alpha value is -3.60. The number of aryl methyl sites for hydroxylation is 1. The van der Waals surface area contributed by atoms with Gasteiger partial charge in [0.2, 0.25) is 0 Å². The molecule has 5 aromatic rings. The molecule has 1 unspecified atom stereocenters. The quantitative estimate of drug-likeness (QED) is 0.0842. The maximum absolute atomic E-state index is 12.0. The van der Waals surface area contributed by atoms with Crippen LogP contribution in [0.2, 0.25) is 5.04 Å². The molecule has 6 rings (SSSR count). The van der Waals surface area contributed by atoms with E-state index in [1.54, 1.807) is 7.11 Å². The van der Waals surface area contributed by atoms with E-state index in [0.717, 1.165) is 52.6 Å². The normalized spacial score (nSPS) is 17.4. The third-order valence-corrected chi connectivity index (χ3v) is 16.1. The fourth-order valence-electron chi connectivity index (χ4n) is 7.99. The van der Waals surface area contributed by atoms with Crippen molar-refractivity contribution in [2.75, 3.05) is 20.0 Å². The molecule has 1 aliphatic rings. The largest absolute Gasteiger partial charge is 0.407 e. The maximum atomic E-state index is 12.0. The topological polar surface area (TPSA) is 79.7 Å². The summed E-state index contributed by atoms with van der Waals surface area (Å²) in [6.07, 6.45) is 3.87. The van der Waals surface area contributed by atoms with E-state index >= 15 is 0 Å². The van der Waals surface area contributed by atoms with E-state index in [4.69, 9.17) is 18.3 Å². The highest BCUT2D eigenvalue weighted by Crippen LogP contribution is 2.47. The lowest BCUT2D eigenvalue weighted by molar-refractivity contribution is 0.116. The summed E-state index contributed by atoms with van der Waals surface area (Å²) in [5, 5.41) is 3.56. The zero-order valence-electron chi connectivity index (χ0n) is 32.1. The van der Waals surface area contributed by atoms with Crippen molar-refractivity contribution >= 4 is 39.7 Å². The number of aromatic nitrogens is 2. The molecule has 0 aliphatic heterocycles. The highest BCUT2D eigenvalue weighted by molar-refractivity contribution is 7.86. The lowest BCUT2D eigenvalue weighted by Gasteiger charge is -2.44. The molecule has 1 saturated carbocycles. The first-order chi connectivity index (χ1) is 24.6. The van der Waals surface area contributed by atoms with Gasteiger partial charge < -0.3 is 13.7 Å². The summed E-state index contributed by atoms with van der Waals surface area (Å²) >= 11 is 0. The minimum Gasteiger partial charge on any atom is -0.407 e. The van der Waals surface area contributed by atoms with Crippen LogP contribution in [0.5, 0.6) is 0 Å². The smallest absolute Gasteiger partial charge is 0.264 e. The minimum absolute atomic E-state index is 0.0364. The minimum atomic E-state index is -3.54. The Kier molecular flexibility index (Phi) is 10.8. The molecule has 276 valence electrons. The van der Waals surface area contributed by atoms with Gasteiger partial charge in [0.05, 0.1) is 29.9 Å². The average Bonchev–Trinajstić information content (AvgIpc) is 3.80. The Balaban J connectivity index is 1.48. The number of hydrogen-bond donors (Lipinski definition) is 0. The highest BCUT2D eigenvalue weighted by Gasteiger charge is 2.51. The van der Waals surface area contributed by atoms with E-state index in [-0.39, 0.29) is 28.6 Å². The van der Waals surface area contributed by atoms with Gasteiger partial charge in [0.25, 0.3) is 18.4 Å². The van der Waals surface area contributed by atoms with Crippen molar-refractivity contribution in [1.82, 2.24) is 9.55 Å². The lowest BCUT2D eigenvalue weighted by Crippen LogP contribution is -2.67. The first kappa shape index (κ1) is 38.1. The summed E-state index contributed by atoms with van der Waals surface area (Å²) in [5.41, 5.74) is 6.28. The van der Waals surface area contributed by atoms with Gasteiger partial charge in [-0.25, -0.2) is 0 Å². The van der Waals surface area contributed by atoms with Gasteiger partial charge in [-0.05, 0) is 82.9 Å². The predicted molar refractivity (Wildman–Crippen MR) is 214 cm³/mol. The second-order valence-corrected chi connectivity index (χ2v) is 22.0. The van der Waals surface area contributed by atoms with E-state index in [2.05, 4.69) is 131 Å². The van der Waals surface area contributed by atoms with E-state index < -0.39 is 18.4 Å². The van der Waals surface area contributed by atoms with E-state index in [1.807, 2.05) is 19.2 Å². The molecule has 0 bridgehead atoms. The van der Waals surface area contributed by atoms with Gasteiger partial charge >= 0.3 is 0 Å².